The molecule has 3 amide bonds. The second-order valence-electron chi connectivity index (χ2n) is 6.00. The predicted octanol–water partition coefficient (Wildman–Crippen LogP) is 0.734. The third-order valence-corrected chi connectivity index (χ3v) is 4.90. The molecule has 9 nitrogen and oxygen atoms in total. The Labute approximate surface area is 154 Å². The number of aromatic amines is 1. The maximum absolute atomic E-state index is 12.1. The number of hydrogen-bond donors (Lipinski definition) is 3. The summed E-state index contributed by atoms with van der Waals surface area (Å²) in [6.07, 6.45) is 3.85. The van der Waals surface area contributed by atoms with Crippen molar-refractivity contribution in [2.24, 2.45) is 0 Å². The van der Waals surface area contributed by atoms with Gasteiger partial charge in [0.05, 0.1) is 24.5 Å². The largest absolute Gasteiger partial charge is 0.469 e. The average molecular weight is 382 g/mol. The van der Waals surface area contributed by atoms with E-state index in [1.807, 2.05) is 0 Å². The topological polar surface area (TPSA) is 130 Å². The monoisotopic (exact) mass is 382 g/mol. The molecule has 10 heteroatoms. The third-order valence-electron chi connectivity index (χ3n) is 3.91. The van der Waals surface area contributed by atoms with Gasteiger partial charge in [-0.2, -0.15) is 0 Å². The van der Waals surface area contributed by atoms with E-state index in [4.69, 9.17) is 0 Å². The zero-order valence-corrected chi connectivity index (χ0v) is 15.5. The fourth-order valence-electron chi connectivity index (χ4n) is 2.58. The molecule has 1 atom stereocenters. The van der Waals surface area contributed by atoms with Crippen LogP contribution >= 0.6 is 11.8 Å². The number of imide groups is 1. The van der Waals surface area contributed by atoms with E-state index in [2.05, 4.69) is 25.3 Å². The first-order chi connectivity index (χ1) is 12.4. The normalized spacial score (nSPS) is 15.3. The van der Waals surface area contributed by atoms with Crippen LogP contribution in [0.25, 0.3) is 0 Å². The minimum Gasteiger partial charge on any atom is -0.469 e. The van der Waals surface area contributed by atoms with Gasteiger partial charge in [-0.1, -0.05) is 24.6 Å². The van der Waals surface area contributed by atoms with Crippen LogP contribution < -0.4 is 16.2 Å². The highest BCUT2D eigenvalue weighted by Gasteiger charge is 2.22. The number of carbonyl (C=O) groups is 3. The van der Waals surface area contributed by atoms with Gasteiger partial charge in [-0.3, -0.25) is 19.7 Å². The van der Waals surface area contributed by atoms with Crippen LogP contribution in [-0.4, -0.2) is 46.3 Å². The summed E-state index contributed by atoms with van der Waals surface area (Å²) in [4.78, 5) is 53.6. The molecule has 1 aliphatic carbocycles. The van der Waals surface area contributed by atoms with Crippen molar-refractivity contribution in [2.75, 3.05) is 7.11 Å². The van der Waals surface area contributed by atoms with Crippen molar-refractivity contribution < 1.29 is 19.1 Å². The molecule has 26 heavy (non-hydrogen) atoms. The number of carbonyl (C=O) groups excluding carboxylic acids is 3. The summed E-state index contributed by atoms with van der Waals surface area (Å²) >= 11 is 0.989. The predicted molar refractivity (Wildman–Crippen MR) is 94.8 cm³/mol. The number of esters is 1. The van der Waals surface area contributed by atoms with Crippen LogP contribution in [-0.2, 0) is 20.7 Å². The van der Waals surface area contributed by atoms with Gasteiger partial charge in [0.2, 0.25) is 5.91 Å². The summed E-state index contributed by atoms with van der Waals surface area (Å²) in [5, 5.41) is 4.59. The lowest BCUT2D eigenvalue weighted by molar-refractivity contribution is -0.139. The van der Waals surface area contributed by atoms with Gasteiger partial charge in [0.15, 0.2) is 5.16 Å². The number of urea groups is 1. The number of amides is 3. The van der Waals surface area contributed by atoms with Crippen molar-refractivity contribution in [3.05, 3.63) is 22.1 Å². The van der Waals surface area contributed by atoms with E-state index < -0.39 is 28.7 Å². The lowest BCUT2D eigenvalue weighted by Gasteiger charge is -2.14. The molecule has 2 rings (SSSR count). The highest BCUT2D eigenvalue weighted by molar-refractivity contribution is 8.00. The van der Waals surface area contributed by atoms with Crippen LogP contribution in [0.3, 0.4) is 0 Å². The number of H-pyrrole nitrogens is 1. The summed E-state index contributed by atoms with van der Waals surface area (Å²) in [5.41, 5.74) is -0.192. The van der Waals surface area contributed by atoms with E-state index in [0.717, 1.165) is 37.4 Å². The van der Waals surface area contributed by atoms with Crippen molar-refractivity contribution in [1.29, 1.82) is 0 Å². The molecule has 0 aromatic carbocycles. The third kappa shape index (κ3) is 6.17. The van der Waals surface area contributed by atoms with Crippen molar-refractivity contribution in [1.82, 2.24) is 20.6 Å². The maximum atomic E-state index is 12.1. The van der Waals surface area contributed by atoms with Gasteiger partial charge in [0.1, 0.15) is 0 Å². The van der Waals surface area contributed by atoms with E-state index in [-0.39, 0.29) is 23.3 Å². The van der Waals surface area contributed by atoms with Crippen molar-refractivity contribution in [2.45, 2.75) is 55.5 Å². The Morgan fingerprint density at radius 2 is 2.08 bits per heavy atom. The summed E-state index contributed by atoms with van der Waals surface area (Å²) < 4.78 is 4.54. The van der Waals surface area contributed by atoms with Gasteiger partial charge >= 0.3 is 12.0 Å². The Balaban J connectivity index is 1.92. The molecule has 1 saturated carbocycles. The number of nitrogens with zero attached hydrogens (tertiary/aromatic N) is 1. The van der Waals surface area contributed by atoms with E-state index in [1.54, 1.807) is 6.92 Å². The molecule has 0 aliphatic heterocycles. The van der Waals surface area contributed by atoms with E-state index in [1.165, 1.54) is 13.2 Å². The van der Waals surface area contributed by atoms with Gasteiger partial charge < -0.3 is 15.0 Å². The standard InChI is InChI=1S/C16H22N4O5S/c1-9(14(23)20-15(24)17-10-5-3-4-6-10)26-16-18-11(7-12(21)19-16)8-13(22)25-2/h7,9-10H,3-6,8H2,1-2H3,(H,18,19,21)(H2,17,20,23,24)/t9-/m1/s1. The van der Waals surface area contributed by atoms with Crippen LogP contribution in [0.4, 0.5) is 4.79 Å². The van der Waals surface area contributed by atoms with Crippen LogP contribution in [0.15, 0.2) is 16.0 Å². The Morgan fingerprint density at radius 1 is 1.38 bits per heavy atom. The second kappa shape index (κ2) is 9.37. The fraction of sp³-hybridized carbons (Fsp3) is 0.562. The van der Waals surface area contributed by atoms with E-state index in [0.29, 0.717) is 0 Å². The van der Waals surface area contributed by atoms with Gasteiger partial charge in [0.25, 0.3) is 5.56 Å². The molecule has 1 aliphatic rings. The van der Waals surface area contributed by atoms with Crippen LogP contribution in [0.1, 0.15) is 38.3 Å². The molecule has 1 aromatic heterocycles. The molecule has 0 saturated heterocycles. The van der Waals surface area contributed by atoms with Gasteiger partial charge in [-0.05, 0) is 19.8 Å². The minimum absolute atomic E-state index is 0.110. The minimum atomic E-state index is -0.666. The summed E-state index contributed by atoms with van der Waals surface area (Å²) in [6, 6.07) is 0.787. The number of thioether (sulfide) groups is 1. The van der Waals surface area contributed by atoms with Crippen LogP contribution in [0.5, 0.6) is 0 Å². The van der Waals surface area contributed by atoms with Crippen molar-refractivity contribution >= 4 is 29.7 Å². The molecule has 0 unspecified atom stereocenters. The van der Waals surface area contributed by atoms with Crippen molar-refractivity contribution in [3.8, 4) is 0 Å². The highest BCUT2D eigenvalue weighted by atomic mass is 32.2. The molecule has 3 N–H and O–H groups in total. The fourth-order valence-corrected chi connectivity index (χ4v) is 3.41. The number of ether oxygens (including phenoxy) is 1. The lowest BCUT2D eigenvalue weighted by atomic mass is 10.2. The van der Waals surface area contributed by atoms with Crippen molar-refractivity contribution in [3.63, 3.8) is 0 Å². The van der Waals surface area contributed by atoms with Crippen LogP contribution in [0, 0.1) is 0 Å². The maximum Gasteiger partial charge on any atom is 0.321 e. The molecule has 0 bridgehead atoms. The summed E-state index contributed by atoms with van der Waals surface area (Å²) in [6.45, 7) is 1.59. The molecule has 142 valence electrons. The summed E-state index contributed by atoms with van der Waals surface area (Å²) in [5.74, 6) is -1.01. The second-order valence-corrected chi connectivity index (χ2v) is 7.33. The smallest absolute Gasteiger partial charge is 0.321 e. The van der Waals surface area contributed by atoms with Gasteiger partial charge in [-0.25, -0.2) is 9.78 Å². The summed E-state index contributed by atoms with van der Waals surface area (Å²) in [7, 11) is 1.24. The Morgan fingerprint density at radius 3 is 2.73 bits per heavy atom. The van der Waals surface area contributed by atoms with E-state index >= 15 is 0 Å². The molecule has 1 aromatic rings. The quantitative estimate of drug-likeness (QED) is 0.376. The Bertz CT molecular complexity index is 730. The highest BCUT2D eigenvalue weighted by Crippen LogP contribution is 2.19. The number of nitrogens with one attached hydrogen (secondary N) is 3. The zero-order valence-electron chi connectivity index (χ0n) is 14.7. The average Bonchev–Trinajstić information content (AvgIpc) is 3.06. The van der Waals surface area contributed by atoms with Gasteiger partial charge in [0, 0.05) is 12.1 Å². The van der Waals surface area contributed by atoms with Crippen LogP contribution in [0.2, 0.25) is 0 Å². The van der Waals surface area contributed by atoms with Gasteiger partial charge in [-0.15, -0.1) is 0 Å². The van der Waals surface area contributed by atoms with E-state index in [9.17, 15) is 19.2 Å². The first kappa shape index (κ1) is 20.0. The lowest BCUT2D eigenvalue weighted by Crippen LogP contribution is -2.46. The number of aromatic nitrogens is 2. The SMILES string of the molecule is COC(=O)Cc1cc(=O)[nH]c(S[C@H](C)C(=O)NC(=O)NC2CCCC2)n1. The molecule has 0 spiro atoms. The molecule has 0 radical (unpaired) electrons. The number of methoxy groups -OCH3 is 1. The molecular formula is C16H22N4O5S. The first-order valence-electron chi connectivity index (χ1n) is 8.32. The first-order valence-corrected chi connectivity index (χ1v) is 9.20. The Kier molecular flexibility index (Phi) is 7.19. The number of hydrogen-bond acceptors (Lipinski definition) is 7. The zero-order chi connectivity index (χ0) is 19.1. The molecule has 1 fully saturated rings. The molecule has 1 heterocycles. The Hall–Kier alpha value is -2.36. The number of rotatable bonds is 6. The molecular weight excluding hydrogens is 360 g/mol.